The van der Waals surface area contributed by atoms with Gasteiger partial charge in [-0.2, -0.15) is 5.10 Å². The van der Waals surface area contributed by atoms with Crippen LogP contribution >= 0.6 is 0 Å². The highest BCUT2D eigenvalue weighted by Crippen LogP contribution is 2.26. The topological polar surface area (TPSA) is 57.8 Å². The minimum atomic E-state index is -0.606. The third-order valence-electron chi connectivity index (χ3n) is 4.00. The van der Waals surface area contributed by atoms with E-state index in [-0.39, 0.29) is 5.91 Å². The number of carbonyl (C=O) groups is 1. The van der Waals surface area contributed by atoms with Crippen molar-refractivity contribution in [1.29, 1.82) is 0 Å². The normalized spacial score (nSPS) is 11.2. The van der Waals surface area contributed by atoms with Crippen LogP contribution in [0.4, 0.5) is 5.69 Å². The zero-order valence-corrected chi connectivity index (χ0v) is 13.2. The van der Waals surface area contributed by atoms with Gasteiger partial charge in [-0.25, -0.2) is 0 Å². The molecule has 0 bridgehead atoms. The molecule has 2 N–H and O–H groups in total. The summed E-state index contributed by atoms with van der Waals surface area (Å²) in [6.45, 7) is 3.85. The van der Waals surface area contributed by atoms with E-state index in [1.165, 1.54) is 0 Å². The number of anilines is 1. The number of aromatic amines is 1. The van der Waals surface area contributed by atoms with Crippen LogP contribution in [-0.2, 0) is 10.2 Å². The van der Waals surface area contributed by atoms with E-state index in [1.807, 2.05) is 74.5 Å². The molecule has 1 aromatic heterocycles. The van der Waals surface area contributed by atoms with Crippen LogP contribution in [0.15, 0.2) is 66.9 Å². The molecule has 116 valence electrons. The molecule has 0 saturated heterocycles. The molecule has 0 saturated carbocycles. The van der Waals surface area contributed by atoms with Crippen LogP contribution in [0.3, 0.4) is 0 Å². The second kappa shape index (κ2) is 6.08. The summed E-state index contributed by atoms with van der Waals surface area (Å²) in [4.78, 5) is 12.7. The minimum Gasteiger partial charge on any atom is -0.325 e. The maximum Gasteiger partial charge on any atom is 0.234 e. The average molecular weight is 305 g/mol. The second-order valence-electron chi connectivity index (χ2n) is 6.00. The van der Waals surface area contributed by atoms with Gasteiger partial charge >= 0.3 is 0 Å². The molecule has 4 nitrogen and oxygen atoms in total. The number of nitrogens with one attached hydrogen (secondary N) is 2. The molecule has 0 aliphatic carbocycles. The molecular weight excluding hydrogens is 286 g/mol. The van der Waals surface area contributed by atoms with Crippen LogP contribution in [-0.4, -0.2) is 16.1 Å². The molecule has 2 aromatic carbocycles. The van der Waals surface area contributed by atoms with Crippen LogP contribution < -0.4 is 5.32 Å². The van der Waals surface area contributed by atoms with Crippen LogP contribution in [0.2, 0.25) is 0 Å². The van der Waals surface area contributed by atoms with Gasteiger partial charge in [0, 0.05) is 17.4 Å². The van der Waals surface area contributed by atoms with Crippen molar-refractivity contribution in [2.24, 2.45) is 0 Å². The van der Waals surface area contributed by atoms with Crippen molar-refractivity contribution < 1.29 is 4.79 Å². The number of hydrogen-bond acceptors (Lipinski definition) is 2. The molecule has 0 fully saturated rings. The van der Waals surface area contributed by atoms with Crippen molar-refractivity contribution in [1.82, 2.24) is 10.2 Å². The number of benzene rings is 2. The molecule has 3 aromatic rings. The Morgan fingerprint density at radius 1 is 1.04 bits per heavy atom. The first-order valence-corrected chi connectivity index (χ1v) is 7.54. The number of rotatable bonds is 4. The summed E-state index contributed by atoms with van der Waals surface area (Å²) in [5.74, 6) is -0.0366. The number of aromatic nitrogens is 2. The molecule has 0 atom stereocenters. The van der Waals surface area contributed by atoms with Gasteiger partial charge in [0.05, 0.1) is 11.1 Å². The largest absolute Gasteiger partial charge is 0.325 e. The Bertz CT molecular complexity index is 793. The van der Waals surface area contributed by atoms with Crippen molar-refractivity contribution in [2.45, 2.75) is 19.3 Å². The van der Waals surface area contributed by atoms with E-state index >= 15 is 0 Å². The van der Waals surface area contributed by atoms with Gasteiger partial charge in [-0.15, -0.1) is 0 Å². The highest BCUT2D eigenvalue weighted by Gasteiger charge is 2.29. The lowest BCUT2D eigenvalue weighted by Gasteiger charge is -2.24. The van der Waals surface area contributed by atoms with E-state index in [1.54, 1.807) is 6.20 Å². The molecule has 4 heteroatoms. The number of H-pyrrole nitrogens is 1. The lowest BCUT2D eigenvalue weighted by atomic mass is 9.83. The lowest BCUT2D eigenvalue weighted by molar-refractivity contribution is -0.120. The standard InChI is InChI=1S/C19H19N3O/c1-19(2,15-8-4-3-5-9-15)18(23)21-16-10-6-7-14(13-16)17-11-12-20-22-17/h3-13H,1-2H3,(H,20,22)(H,21,23). The average Bonchev–Trinajstić information content (AvgIpc) is 3.10. The van der Waals surface area contributed by atoms with E-state index < -0.39 is 5.41 Å². The number of amides is 1. The van der Waals surface area contributed by atoms with Crippen LogP contribution in [0.25, 0.3) is 11.3 Å². The Morgan fingerprint density at radius 3 is 2.52 bits per heavy atom. The third kappa shape index (κ3) is 3.16. The van der Waals surface area contributed by atoms with E-state index in [0.717, 1.165) is 22.5 Å². The van der Waals surface area contributed by atoms with Crippen LogP contribution in [0, 0.1) is 0 Å². The fraction of sp³-hybridized carbons (Fsp3) is 0.158. The van der Waals surface area contributed by atoms with E-state index in [2.05, 4.69) is 15.5 Å². The molecule has 0 unspecified atom stereocenters. The van der Waals surface area contributed by atoms with Crippen LogP contribution in [0.5, 0.6) is 0 Å². The molecule has 1 amide bonds. The molecule has 1 heterocycles. The Hall–Kier alpha value is -2.88. The zero-order chi connectivity index (χ0) is 16.3. The minimum absolute atomic E-state index is 0.0366. The first kappa shape index (κ1) is 15.0. The maximum atomic E-state index is 12.7. The molecule has 0 aliphatic rings. The molecule has 23 heavy (non-hydrogen) atoms. The predicted molar refractivity (Wildman–Crippen MR) is 92.1 cm³/mol. The highest BCUT2D eigenvalue weighted by atomic mass is 16.2. The van der Waals surface area contributed by atoms with Gasteiger partial charge in [-0.1, -0.05) is 42.5 Å². The fourth-order valence-electron chi connectivity index (χ4n) is 2.45. The van der Waals surface area contributed by atoms with E-state index in [0.29, 0.717) is 0 Å². The lowest BCUT2D eigenvalue weighted by Crippen LogP contribution is -2.34. The van der Waals surface area contributed by atoms with Gasteiger partial charge in [0.25, 0.3) is 0 Å². The first-order chi connectivity index (χ1) is 11.1. The smallest absolute Gasteiger partial charge is 0.234 e. The summed E-state index contributed by atoms with van der Waals surface area (Å²) in [5, 5.41) is 9.89. The van der Waals surface area contributed by atoms with Crippen molar-refractivity contribution in [3.8, 4) is 11.3 Å². The summed E-state index contributed by atoms with van der Waals surface area (Å²) < 4.78 is 0. The summed E-state index contributed by atoms with van der Waals surface area (Å²) in [5.41, 5.74) is 3.06. The molecule has 0 spiro atoms. The number of nitrogens with zero attached hydrogens (tertiary/aromatic N) is 1. The highest BCUT2D eigenvalue weighted by molar-refractivity contribution is 5.98. The monoisotopic (exact) mass is 305 g/mol. The van der Waals surface area contributed by atoms with Gasteiger partial charge in [-0.05, 0) is 37.6 Å². The Balaban J connectivity index is 1.82. The molecule has 0 radical (unpaired) electrons. The Morgan fingerprint density at radius 2 is 1.83 bits per heavy atom. The quantitative estimate of drug-likeness (QED) is 0.765. The second-order valence-corrected chi connectivity index (χ2v) is 6.00. The molecule has 0 aliphatic heterocycles. The molecular formula is C19H19N3O. The zero-order valence-electron chi connectivity index (χ0n) is 13.2. The maximum absolute atomic E-state index is 12.7. The van der Waals surface area contributed by atoms with Crippen molar-refractivity contribution >= 4 is 11.6 Å². The van der Waals surface area contributed by atoms with Gasteiger partial charge < -0.3 is 5.32 Å². The summed E-state index contributed by atoms with van der Waals surface area (Å²) >= 11 is 0. The third-order valence-corrected chi connectivity index (χ3v) is 4.00. The number of hydrogen-bond donors (Lipinski definition) is 2. The van der Waals surface area contributed by atoms with Gasteiger partial charge in [-0.3, -0.25) is 9.89 Å². The van der Waals surface area contributed by atoms with E-state index in [9.17, 15) is 4.79 Å². The summed E-state index contributed by atoms with van der Waals surface area (Å²) in [6, 6.07) is 19.4. The Kier molecular flexibility index (Phi) is 3.98. The SMILES string of the molecule is CC(C)(C(=O)Nc1cccc(-c2ccn[nH]2)c1)c1ccccc1. The summed E-state index contributed by atoms with van der Waals surface area (Å²) in [7, 11) is 0. The van der Waals surface area contributed by atoms with Gasteiger partial charge in [0.1, 0.15) is 0 Å². The van der Waals surface area contributed by atoms with Gasteiger partial charge in [0.15, 0.2) is 0 Å². The van der Waals surface area contributed by atoms with Gasteiger partial charge in [0.2, 0.25) is 5.91 Å². The van der Waals surface area contributed by atoms with Crippen LogP contribution in [0.1, 0.15) is 19.4 Å². The number of carbonyl (C=O) groups excluding carboxylic acids is 1. The first-order valence-electron chi connectivity index (χ1n) is 7.54. The Labute approximate surface area is 135 Å². The fourth-order valence-corrected chi connectivity index (χ4v) is 2.45. The van der Waals surface area contributed by atoms with Crippen molar-refractivity contribution in [3.63, 3.8) is 0 Å². The molecule has 3 rings (SSSR count). The van der Waals surface area contributed by atoms with Crippen molar-refractivity contribution in [2.75, 3.05) is 5.32 Å². The van der Waals surface area contributed by atoms with E-state index in [4.69, 9.17) is 0 Å². The van der Waals surface area contributed by atoms with Crippen molar-refractivity contribution in [3.05, 3.63) is 72.4 Å². The predicted octanol–water partition coefficient (Wildman–Crippen LogP) is 3.99. The summed E-state index contributed by atoms with van der Waals surface area (Å²) in [6.07, 6.45) is 1.71.